The van der Waals surface area contributed by atoms with Crippen molar-refractivity contribution in [3.63, 3.8) is 0 Å². The van der Waals surface area contributed by atoms with E-state index in [0.29, 0.717) is 5.41 Å². The second kappa shape index (κ2) is 1.79. The van der Waals surface area contributed by atoms with Crippen LogP contribution in [-0.4, -0.2) is 4.87 Å². The number of rotatable bonds is 0. The summed E-state index contributed by atoms with van der Waals surface area (Å²) < 4.78 is 0. The fraction of sp³-hybridized carbons (Fsp3) is 0.778. The van der Waals surface area contributed by atoms with Gasteiger partial charge in [-0.3, -0.25) is 0 Å². The molecule has 2 bridgehead atoms. The number of fused-ring (bicyclic) bond motifs is 2. The van der Waals surface area contributed by atoms with Crippen molar-refractivity contribution in [3.05, 3.63) is 12.2 Å². The van der Waals surface area contributed by atoms with Gasteiger partial charge in [-0.05, 0) is 31.1 Å². The van der Waals surface area contributed by atoms with E-state index in [9.17, 15) is 0 Å². The van der Waals surface area contributed by atoms with Gasteiger partial charge in [0.15, 0.2) is 0 Å². The van der Waals surface area contributed by atoms with E-state index in [-0.39, 0.29) is 4.87 Å². The predicted molar refractivity (Wildman–Crippen MR) is 44.3 cm³/mol. The van der Waals surface area contributed by atoms with Crippen molar-refractivity contribution in [2.24, 2.45) is 5.41 Å². The Kier molecular flexibility index (Phi) is 1.20. The Bertz CT molecular complexity index is 185. The summed E-state index contributed by atoms with van der Waals surface area (Å²) in [5.41, 5.74) is 0.444. The Morgan fingerprint density at radius 1 is 1.40 bits per heavy atom. The van der Waals surface area contributed by atoms with Crippen LogP contribution in [0.2, 0.25) is 0 Å². The van der Waals surface area contributed by atoms with Gasteiger partial charge >= 0.3 is 0 Å². The Morgan fingerprint density at radius 2 is 2.20 bits per heavy atom. The molecule has 2 aliphatic rings. The minimum atomic E-state index is 0.142. The summed E-state index contributed by atoms with van der Waals surface area (Å²) in [6.45, 7) is 2.31. The molecule has 0 N–H and O–H groups in total. The van der Waals surface area contributed by atoms with Gasteiger partial charge in [-0.1, -0.05) is 19.1 Å². The van der Waals surface area contributed by atoms with Crippen LogP contribution in [0.5, 0.6) is 0 Å². The van der Waals surface area contributed by atoms with E-state index in [1.807, 2.05) is 0 Å². The van der Waals surface area contributed by atoms with Crippen molar-refractivity contribution in [2.45, 2.75) is 37.5 Å². The highest BCUT2D eigenvalue weighted by atomic mass is 35.5. The van der Waals surface area contributed by atoms with Gasteiger partial charge in [-0.2, -0.15) is 0 Å². The molecule has 0 aromatic heterocycles. The third kappa shape index (κ3) is 0.897. The fourth-order valence-electron chi connectivity index (χ4n) is 2.28. The first-order chi connectivity index (χ1) is 4.62. The minimum absolute atomic E-state index is 0.142. The van der Waals surface area contributed by atoms with Crippen molar-refractivity contribution in [3.8, 4) is 0 Å². The lowest BCUT2D eigenvalue weighted by Crippen LogP contribution is -2.22. The zero-order valence-electron chi connectivity index (χ0n) is 6.36. The maximum Gasteiger partial charge on any atom is 0.0489 e. The first kappa shape index (κ1) is 6.72. The predicted octanol–water partition coefficient (Wildman–Crippen LogP) is 3.11. The lowest BCUT2D eigenvalue weighted by Gasteiger charge is -2.28. The molecule has 0 saturated heterocycles. The molecule has 2 rings (SSSR count). The molecule has 0 amide bonds. The Balaban J connectivity index is 2.32. The summed E-state index contributed by atoms with van der Waals surface area (Å²) in [7, 11) is 0. The van der Waals surface area contributed by atoms with Crippen LogP contribution in [0.25, 0.3) is 0 Å². The molecule has 1 fully saturated rings. The van der Waals surface area contributed by atoms with Crippen LogP contribution >= 0.6 is 11.6 Å². The third-order valence-electron chi connectivity index (χ3n) is 2.87. The number of alkyl halides is 1. The average Bonchev–Trinajstić information content (AvgIpc) is 2.03. The van der Waals surface area contributed by atoms with E-state index >= 15 is 0 Å². The molecular weight excluding hydrogens is 144 g/mol. The summed E-state index contributed by atoms with van der Waals surface area (Å²) in [5.74, 6) is 0. The quantitative estimate of drug-likeness (QED) is 0.374. The molecule has 0 nitrogen and oxygen atoms in total. The van der Waals surface area contributed by atoms with Gasteiger partial charge < -0.3 is 0 Å². The Morgan fingerprint density at radius 3 is 2.80 bits per heavy atom. The first-order valence-electron chi connectivity index (χ1n) is 3.99. The summed E-state index contributed by atoms with van der Waals surface area (Å²) >= 11 is 6.34. The zero-order chi connectivity index (χ0) is 7.24. The Labute approximate surface area is 67.3 Å². The van der Waals surface area contributed by atoms with Gasteiger partial charge in [0.05, 0.1) is 0 Å². The summed E-state index contributed by atoms with van der Waals surface area (Å²) in [6.07, 6.45) is 9.37. The highest BCUT2D eigenvalue weighted by Gasteiger charge is 2.44. The van der Waals surface area contributed by atoms with Gasteiger partial charge in [-0.15, -0.1) is 11.6 Å². The molecule has 0 spiro atoms. The van der Waals surface area contributed by atoms with Crippen molar-refractivity contribution in [2.75, 3.05) is 0 Å². The van der Waals surface area contributed by atoms with Crippen molar-refractivity contribution >= 4 is 11.6 Å². The maximum atomic E-state index is 6.34. The smallest absolute Gasteiger partial charge is 0.0489 e. The molecule has 0 heterocycles. The van der Waals surface area contributed by atoms with E-state index in [1.165, 1.54) is 19.3 Å². The largest absolute Gasteiger partial charge is 0.119 e. The van der Waals surface area contributed by atoms with Crippen LogP contribution < -0.4 is 0 Å². The standard InChI is InChI=1S/C9H13Cl/c1-8-3-2-4-9(10,7-8)6-5-8/h2-3H,4-7H2,1H3. The monoisotopic (exact) mass is 156 g/mol. The molecule has 2 unspecified atom stereocenters. The second-order valence-corrected chi connectivity index (χ2v) is 4.89. The van der Waals surface area contributed by atoms with E-state index < -0.39 is 0 Å². The maximum absolute atomic E-state index is 6.34. The van der Waals surface area contributed by atoms with Gasteiger partial charge in [0.25, 0.3) is 0 Å². The summed E-state index contributed by atoms with van der Waals surface area (Å²) in [5, 5.41) is 0. The zero-order valence-corrected chi connectivity index (χ0v) is 7.12. The normalized spacial score (nSPS) is 51.8. The minimum Gasteiger partial charge on any atom is -0.119 e. The van der Waals surface area contributed by atoms with Crippen molar-refractivity contribution < 1.29 is 0 Å². The molecular formula is C9H13Cl. The number of hydrogen-bond donors (Lipinski definition) is 0. The summed E-state index contributed by atoms with van der Waals surface area (Å²) in [4.78, 5) is 0.142. The Hall–Kier alpha value is 0.0300. The van der Waals surface area contributed by atoms with Crippen LogP contribution in [0.1, 0.15) is 32.6 Å². The van der Waals surface area contributed by atoms with Gasteiger partial charge in [0.1, 0.15) is 0 Å². The highest BCUT2D eigenvalue weighted by molar-refractivity contribution is 6.24. The number of hydrogen-bond acceptors (Lipinski definition) is 0. The molecule has 1 saturated carbocycles. The third-order valence-corrected chi connectivity index (χ3v) is 3.35. The van der Waals surface area contributed by atoms with Crippen LogP contribution in [0.4, 0.5) is 0 Å². The number of allylic oxidation sites excluding steroid dienone is 2. The molecule has 0 aromatic rings. The van der Waals surface area contributed by atoms with E-state index in [0.717, 1.165) is 6.42 Å². The van der Waals surface area contributed by atoms with Gasteiger partial charge in [-0.25, -0.2) is 0 Å². The molecule has 1 heteroatoms. The van der Waals surface area contributed by atoms with Gasteiger partial charge in [0, 0.05) is 4.87 Å². The van der Waals surface area contributed by atoms with E-state index in [4.69, 9.17) is 11.6 Å². The average molecular weight is 157 g/mol. The van der Waals surface area contributed by atoms with Crippen LogP contribution in [0.15, 0.2) is 12.2 Å². The molecule has 10 heavy (non-hydrogen) atoms. The molecule has 56 valence electrons. The molecule has 0 aliphatic heterocycles. The molecule has 2 aliphatic carbocycles. The van der Waals surface area contributed by atoms with E-state index in [2.05, 4.69) is 19.1 Å². The second-order valence-electron chi connectivity index (χ2n) is 4.09. The van der Waals surface area contributed by atoms with Crippen LogP contribution in [-0.2, 0) is 0 Å². The SMILES string of the molecule is CC12C=CCC(Cl)(CC1)C2. The van der Waals surface area contributed by atoms with Crippen molar-refractivity contribution in [1.29, 1.82) is 0 Å². The number of halogens is 1. The van der Waals surface area contributed by atoms with Crippen molar-refractivity contribution in [1.82, 2.24) is 0 Å². The summed E-state index contributed by atoms with van der Waals surface area (Å²) in [6, 6.07) is 0. The molecule has 0 radical (unpaired) electrons. The lowest BCUT2D eigenvalue weighted by atomic mass is 9.83. The highest BCUT2D eigenvalue weighted by Crippen LogP contribution is 2.53. The molecule has 2 atom stereocenters. The molecule has 0 aromatic carbocycles. The van der Waals surface area contributed by atoms with Crippen LogP contribution in [0, 0.1) is 5.41 Å². The van der Waals surface area contributed by atoms with E-state index in [1.54, 1.807) is 0 Å². The topological polar surface area (TPSA) is 0 Å². The van der Waals surface area contributed by atoms with Gasteiger partial charge in [0.2, 0.25) is 0 Å². The van der Waals surface area contributed by atoms with Crippen LogP contribution in [0.3, 0.4) is 0 Å². The first-order valence-corrected chi connectivity index (χ1v) is 4.36. The fourth-order valence-corrected chi connectivity index (χ4v) is 2.77. The lowest BCUT2D eigenvalue weighted by molar-refractivity contribution is 0.410.